The molecule has 0 bridgehead atoms. The fraction of sp³-hybridized carbons (Fsp3) is 0.727. The first-order valence-electron chi connectivity index (χ1n) is 5.19. The van der Waals surface area contributed by atoms with Gasteiger partial charge in [-0.05, 0) is 26.4 Å². The highest BCUT2D eigenvalue weighted by molar-refractivity contribution is 5.87. The zero-order chi connectivity index (χ0) is 10.6. The minimum atomic E-state index is 0.163. The Labute approximate surface area is 86.4 Å². The molecule has 1 unspecified atom stereocenters. The Morgan fingerprint density at radius 1 is 1.57 bits per heavy atom. The third kappa shape index (κ3) is 3.50. The van der Waals surface area contributed by atoms with E-state index in [-0.39, 0.29) is 5.91 Å². The lowest BCUT2D eigenvalue weighted by atomic mass is 10.2. The SMILES string of the molecule is CC1CCN(C(=O)C=CCN(C)C)C1. The van der Waals surface area contributed by atoms with Gasteiger partial charge in [-0.3, -0.25) is 4.79 Å². The van der Waals surface area contributed by atoms with Crippen molar-refractivity contribution in [3.8, 4) is 0 Å². The predicted molar refractivity (Wildman–Crippen MR) is 58.1 cm³/mol. The molecule has 0 N–H and O–H groups in total. The topological polar surface area (TPSA) is 23.6 Å². The minimum absolute atomic E-state index is 0.163. The van der Waals surface area contributed by atoms with Gasteiger partial charge in [0, 0.05) is 25.7 Å². The molecule has 1 aliphatic rings. The lowest BCUT2D eigenvalue weighted by Crippen LogP contribution is -2.26. The van der Waals surface area contributed by atoms with Crippen molar-refractivity contribution in [2.24, 2.45) is 5.92 Å². The van der Waals surface area contributed by atoms with Crippen molar-refractivity contribution >= 4 is 5.91 Å². The van der Waals surface area contributed by atoms with E-state index in [1.54, 1.807) is 6.08 Å². The summed E-state index contributed by atoms with van der Waals surface area (Å²) in [5.41, 5.74) is 0. The Morgan fingerprint density at radius 2 is 2.29 bits per heavy atom. The maximum absolute atomic E-state index is 11.6. The highest BCUT2D eigenvalue weighted by Gasteiger charge is 2.21. The summed E-state index contributed by atoms with van der Waals surface area (Å²) in [7, 11) is 3.99. The van der Waals surface area contributed by atoms with Gasteiger partial charge in [0.15, 0.2) is 0 Å². The first-order valence-corrected chi connectivity index (χ1v) is 5.19. The van der Waals surface area contributed by atoms with E-state index in [1.807, 2.05) is 30.0 Å². The van der Waals surface area contributed by atoms with Crippen LogP contribution >= 0.6 is 0 Å². The molecule has 1 rings (SSSR count). The van der Waals surface area contributed by atoms with Crippen LogP contribution in [-0.2, 0) is 4.79 Å². The van der Waals surface area contributed by atoms with Crippen molar-refractivity contribution in [1.82, 2.24) is 9.80 Å². The van der Waals surface area contributed by atoms with Crippen LogP contribution in [0, 0.1) is 5.92 Å². The van der Waals surface area contributed by atoms with Crippen molar-refractivity contribution in [2.75, 3.05) is 33.7 Å². The number of carbonyl (C=O) groups is 1. The van der Waals surface area contributed by atoms with Crippen LogP contribution in [-0.4, -0.2) is 49.4 Å². The average Bonchev–Trinajstić information content (AvgIpc) is 2.51. The summed E-state index contributed by atoms with van der Waals surface area (Å²) in [6.45, 7) is 4.86. The van der Waals surface area contributed by atoms with Crippen LogP contribution in [0.2, 0.25) is 0 Å². The zero-order valence-corrected chi connectivity index (χ0v) is 9.36. The van der Waals surface area contributed by atoms with Crippen molar-refractivity contribution in [2.45, 2.75) is 13.3 Å². The van der Waals surface area contributed by atoms with Crippen LogP contribution in [0.1, 0.15) is 13.3 Å². The van der Waals surface area contributed by atoms with Gasteiger partial charge in [0.05, 0.1) is 0 Å². The van der Waals surface area contributed by atoms with E-state index in [0.717, 1.165) is 26.1 Å². The van der Waals surface area contributed by atoms with Crippen molar-refractivity contribution in [3.63, 3.8) is 0 Å². The molecule has 0 aromatic heterocycles. The summed E-state index contributed by atoms with van der Waals surface area (Å²) in [6, 6.07) is 0. The summed E-state index contributed by atoms with van der Waals surface area (Å²) in [4.78, 5) is 15.6. The first-order chi connectivity index (χ1) is 6.59. The number of likely N-dealkylation sites (tertiary alicyclic amines) is 1. The normalized spacial score (nSPS) is 22.6. The van der Waals surface area contributed by atoms with E-state index in [2.05, 4.69) is 6.92 Å². The summed E-state index contributed by atoms with van der Waals surface area (Å²) < 4.78 is 0. The quantitative estimate of drug-likeness (QED) is 0.628. The number of amides is 1. The van der Waals surface area contributed by atoms with Gasteiger partial charge in [0.2, 0.25) is 5.91 Å². The number of carbonyl (C=O) groups excluding carboxylic acids is 1. The molecule has 0 aromatic rings. The first kappa shape index (κ1) is 11.2. The second kappa shape index (κ2) is 5.15. The molecule has 0 aliphatic carbocycles. The van der Waals surface area contributed by atoms with E-state index in [0.29, 0.717) is 5.92 Å². The largest absolute Gasteiger partial charge is 0.339 e. The fourth-order valence-electron chi connectivity index (χ4n) is 1.60. The van der Waals surface area contributed by atoms with Gasteiger partial charge < -0.3 is 9.80 Å². The molecule has 80 valence electrons. The molecule has 1 amide bonds. The molecule has 14 heavy (non-hydrogen) atoms. The van der Waals surface area contributed by atoms with Crippen LogP contribution in [0.25, 0.3) is 0 Å². The van der Waals surface area contributed by atoms with Crippen molar-refractivity contribution < 1.29 is 4.79 Å². The highest BCUT2D eigenvalue weighted by Crippen LogP contribution is 2.14. The zero-order valence-electron chi connectivity index (χ0n) is 9.36. The number of hydrogen-bond donors (Lipinski definition) is 0. The maximum atomic E-state index is 11.6. The van der Waals surface area contributed by atoms with Gasteiger partial charge in [-0.1, -0.05) is 13.0 Å². The standard InChI is InChI=1S/C11H20N2O/c1-10-6-8-13(9-10)11(14)5-4-7-12(2)3/h4-5,10H,6-9H2,1-3H3. The van der Waals surface area contributed by atoms with Gasteiger partial charge in [0.25, 0.3) is 0 Å². The van der Waals surface area contributed by atoms with Gasteiger partial charge >= 0.3 is 0 Å². The lowest BCUT2D eigenvalue weighted by molar-refractivity contribution is -0.125. The molecule has 0 saturated carbocycles. The van der Waals surface area contributed by atoms with Crippen LogP contribution in [0.15, 0.2) is 12.2 Å². The Balaban J connectivity index is 2.31. The monoisotopic (exact) mass is 196 g/mol. The third-order valence-electron chi connectivity index (χ3n) is 2.47. The number of likely N-dealkylation sites (N-methyl/N-ethyl adjacent to an activating group) is 1. The molecule has 1 fully saturated rings. The number of hydrogen-bond acceptors (Lipinski definition) is 2. The summed E-state index contributed by atoms with van der Waals surface area (Å²) in [5, 5.41) is 0. The molecule has 3 heteroatoms. The average molecular weight is 196 g/mol. The molecule has 0 aromatic carbocycles. The minimum Gasteiger partial charge on any atom is -0.339 e. The fourth-order valence-corrected chi connectivity index (χ4v) is 1.60. The van der Waals surface area contributed by atoms with E-state index in [4.69, 9.17) is 0 Å². The van der Waals surface area contributed by atoms with E-state index in [9.17, 15) is 4.79 Å². The smallest absolute Gasteiger partial charge is 0.246 e. The van der Waals surface area contributed by atoms with E-state index < -0.39 is 0 Å². The molecule has 0 spiro atoms. The van der Waals surface area contributed by atoms with Crippen LogP contribution in [0.3, 0.4) is 0 Å². The second-order valence-corrected chi connectivity index (χ2v) is 4.34. The highest BCUT2D eigenvalue weighted by atomic mass is 16.2. The Bertz CT molecular complexity index is 223. The maximum Gasteiger partial charge on any atom is 0.246 e. The van der Waals surface area contributed by atoms with Crippen LogP contribution in [0.5, 0.6) is 0 Å². The van der Waals surface area contributed by atoms with Crippen molar-refractivity contribution in [3.05, 3.63) is 12.2 Å². The van der Waals surface area contributed by atoms with Crippen LogP contribution in [0.4, 0.5) is 0 Å². The van der Waals surface area contributed by atoms with Gasteiger partial charge in [0.1, 0.15) is 0 Å². The summed E-state index contributed by atoms with van der Waals surface area (Å²) in [6.07, 6.45) is 4.76. The Hall–Kier alpha value is -0.830. The molecule has 1 aliphatic heterocycles. The molecule has 1 heterocycles. The lowest BCUT2D eigenvalue weighted by Gasteiger charge is -2.13. The number of nitrogens with zero attached hydrogens (tertiary/aromatic N) is 2. The molecule has 0 radical (unpaired) electrons. The molecule has 3 nitrogen and oxygen atoms in total. The molecular weight excluding hydrogens is 176 g/mol. The molecule has 1 atom stereocenters. The summed E-state index contributed by atoms with van der Waals surface area (Å²) >= 11 is 0. The second-order valence-electron chi connectivity index (χ2n) is 4.34. The van der Waals surface area contributed by atoms with Gasteiger partial charge in [-0.25, -0.2) is 0 Å². The van der Waals surface area contributed by atoms with Gasteiger partial charge in [-0.15, -0.1) is 0 Å². The van der Waals surface area contributed by atoms with Gasteiger partial charge in [-0.2, -0.15) is 0 Å². The predicted octanol–water partition coefficient (Wildman–Crippen LogP) is 0.973. The van der Waals surface area contributed by atoms with E-state index >= 15 is 0 Å². The summed E-state index contributed by atoms with van der Waals surface area (Å²) in [5.74, 6) is 0.831. The van der Waals surface area contributed by atoms with E-state index in [1.165, 1.54) is 0 Å². The van der Waals surface area contributed by atoms with Crippen LogP contribution < -0.4 is 0 Å². The number of rotatable bonds is 3. The Kier molecular flexibility index (Phi) is 4.14. The van der Waals surface area contributed by atoms with Crippen molar-refractivity contribution in [1.29, 1.82) is 0 Å². The third-order valence-corrected chi connectivity index (χ3v) is 2.47. The molecular formula is C11H20N2O. The molecule has 1 saturated heterocycles. The Morgan fingerprint density at radius 3 is 2.79 bits per heavy atom.